The molecular formula is C33H32N8O2. The third-order valence-electron chi connectivity index (χ3n) is 8.96. The van der Waals surface area contributed by atoms with Crippen LogP contribution in [0.1, 0.15) is 48.8 Å². The van der Waals surface area contributed by atoms with Crippen LogP contribution in [0.3, 0.4) is 0 Å². The lowest BCUT2D eigenvalue weighted by atomic mass is 10.0. The van der Waals surface area contributed by atoms with Gasteiger partial charge in [0.05, 0.1) is 47.5 Å². The van der Waals surface area contributed by atoms with E-state index in [0.29, 0.717) is 39.9 Å². The lowest BCUT2D eigenvalue weighted by Crippen LogP contribution is -2.33. The van der Waals surface area contributed by atoms with Crippen molar-refractivity contribution in [2.24, 2.45) is 0 Å². The van der Waals surface area contributed by atoms with E-state index >= 15 is 0 Å². The fraction of sp³-hybridized carbons (Fsp3) is 0.303. The lowest BCUT2D eigenvalue weighted by Gasteiger charge is -2.29. The number of nitrogens with zero attached hydrogens (tertiary/aromatic N) is 7. The largest absolute Gasteiger partial charge is 0.392 e. The highest BCUT2D eigenvalue weighted by molar-refractivity contribution is 5.95. The zero-order chi connectivity index (χ0) is 29.1. The number of H-pyrrole nitrogens is 1. The molecule has 1 aliphatic carbocycles. The van der Waals surface area contributed by atoms with Crippen LogP contribution in [-0.2, 0) is 6.61 Å². The fourth-order valence-electron chi connectivity index (χ4n) is 6.51. The minimum absolute atomic E-state index is 0.218. The minimum atomic E-state index is -0.288. The molecule has 216 valence electrons. The second-order valence-corrected chi connectivity index (χ2v) is 11.9. The summed E-state index contributed by atoms with van der Waals surface area (Å²) in [6.45, 7) is 1.82. The van der Waals surface area contributed by atoms with E-state index in [1.807, 2.05) is 42.6 Å². The highest BCUT2D eigenvalue weighted by Crippen LogP contribution is 2.40. The number of rotatable bonds is 6. The molecule has 1 saturated heterocycles. The van der Waals surface area contributed by atoms with Crippen LogP contribution in [0.15, 0.2) is 72.2 Å². The number of likely N-dealkylation sites (N-methyl/N-ethyl adjacent to an activating group) is 1. The fourth-order valence-corrected chi connectivity index (χ4v) is 6.51. The molecule has 2 aromatic carbocycles. The summed E-state index contributed by atoms with van der Waals surface area (Å²) in [4.78, 5) is 28.5. The Bertz CT molecular complexity index is 2050. The number of likely N-dealkylation sites (tertiary alicyclic amines) is 1. The molecule has 0 unspecified atom stereocenters. The monoisotopic (exact) mass is 572 g/mol. The summed E-state index contributed by atoms with van der Waals surface area (Å²) in [5, 5.41) is 22.1. The maximum absolute atomic E-state index is 13.6. The summed E-state index contributed by atoms with van der Waals surface area (Å²) in [5.74, 6) is 0.596. The van der Waals surface area contributed by atoms with E-state index in [1.165, 1.54) is 29.4 Å². The average molecular weight is 573 g/mol. The Morgan fingerprint density at radius 2 is 1.93 bits per heavy atom. The first-order valence-corrected chi connectivity index (χ1v) is 14.9. The van der Waals surface area contributed by atoms with Crippen LogP contribution in [0.2, 0.25) is 0 Å². The second-order valence-electron chi connectivity index (χ2n) is 11.9. The summed E-state index contributed by atoms with van der Waals surface area (Å²) in [6, 6.07) is 14.0. The molecule has 6 aromatic rings. The van der Waals surface area contributed by atoms with Crippen LogP contribution in [0.4, 0.5) is 0 Å². The Kier molecular flexibility index (Phi) is 6.20. The van der Waals surface area contributed by atoms with Crippen molar-refractivity contribution in [3.63, 3.8) is 0 Å². The third kappa shape index (κ3) is 4.54. The lowest BCUT2D eigenvalue weighted by molar-refractivity contribution is 0.202. The van der Waals surface area contributed by atoms with Crippen LogP contribution >= 0.6 is 0 Å². The van der Waals surface area contributed by atoms with Gasteiger partial charge in [-0.25, -0.2) is 9.97 Å². The van der Waals surface area contributed by atoms with E-state index in [1.54, 1.807) is 6.20 Å². The topological polar surface area (TPSA) is 118 Å². The average Bonchev–Trinajstić information content (AvgIpc) is 3.59. The second kappa shape index (κ2) is 10.3. The zero-order valence-corrected chi connectivity index (χ0v) is 23.9. The molecule has 0 amide bonds. The first-order valence-electron chi connectivity index (χ1n) is 14.9. The van der Waals surface area contributed by atoms with E-state index in [2.05, 4.69) is 54.0 Å². The van der Waals surface area contributed by atoms with Crippen molar-refractivity contribution in [2.75, 3.05) is 20.1 Å². The molecule has 4 aromatic heterocycles. The Morgan fingerprint density at radius 3 is 2.77 bits per heavy atom. The van der Waals surface area contributed by atoms with E-state index in [0.717, 1.165) is 53.5 Å². The van der Waals surface area contributed by atoms with E-state index in [-0.39, 0.29) is 12.2 Å². The van der Waals surface area contributed by atoms with Crippen LogP contribution in [-0.4, -0.2) is 64.7 Å². The van der Waals surface area contributed by atoms with Gasteiger partial charge in [0.15, 0.2) is 0 Å². The Hall–Kier alpha value is -4.67. The smallest absolute Gasteiger partial charge is 0.279 e. The number of benzene rings is 2. The molecule has 1 atom stereocenters. The SMILES string of the molecule is CN1CCC[C@@H](n2cc(-c3cc4c(-c5cccc(-n6ncc7cc(C8CC8)ccc7c6=O)c5CO)ncnc4[nH]3)cn2)C1. The van der Waals surface area contributed by atoms with Gasteiger partial charge in [-0.05, 0) is 75.0 Å². The van der Waals surface area contributed by atoms with Gasteiger partial charge in [-0.3, -0.25) is 9.48 Å². The van der Waals surface area contributed by atoms with Crippen LogP contribution in [0, 0.1) is 0 Å². The van der Waals surface area contributed by atoms with Gasteiger partial charge in [0.1, 0.15) is 12.0 Å². The van der Waals surface area contributed by atoms with Gasteiger partial charge in [-0.15, -0.1) is 0 Å². The number of aromatic nitrogens is 7. The zero-order valence-electron chi connectivity index (χ0n) is 23.9. The van der Waals surface area contributed by atoms with Gasteiger partial charge in [0, 0.05) is 40.2 Å². The molecule has 10 heteroatoms. The first kappa shape index (κ1) is 26.0. The summed E-state index contributed by atoms with van der Waals surface area (Å²) in [5.41, 5.74) is 6.09. The van der Waals surface area contributed by atoms with Crippen LogP contribution < -0.4 is 5.56 Å². The molecule has 2 fully saturated rings. The molecule has 0 radical (unpaired) electrons. The predicted molar refractivity (Wildman–Crippen MR) is 165 cm³/mol. The highest BCUT2D eigenvalue weighted by Gasteiger charge is 2.24. The molecule has 43 heavy (non-hydrogen) atoms. The van der Waals surface area contributed by atoms with E-state index in [4.69, 9.17) is 0 Å². The molecule has 2 N–H and O–H groups in total. The summed E-state index contributed by atoms with van der Waals surface area (Å²) in [7, 11) is 2.15. The van der Waals surface area contributed by atoms with Crippen LogP contribution in [0.25, 0.3) is 50.0 Å². The van der Waals surface area contributed by atoms with Crippen molar-refractivity contribution in [1.29, 1.82) is 0 Å². The van der Waals surface area contributed by atoms with Crippen molar-refractivity contribution >= 4 is 21.8 Å². The molecular weight excluding hydrogens is 540 g/mol. The maximum atomic E-state index is 13.6. The first-order chi connectivity index (χ1) is 21.1. The Labute approximate surface area is 247 Å². The van der Waals surface area contributed by atoms with Gasteiger partial charge in [0.25, 0.3) is 5.56 Å². The predicted octanol–water partition coefficient (Wildman–Crippen LogP) is 4.82. The van der Waals surface area contributed by atoms with Gasteiger partial charge in [-0.1, -0.05) is 18.2 Å². The van der Waals surface area contributed by atoms with Crippen molar-refractivity contribution in [2.45, 2.75) is 44.2 Å². The van der Waals surface area contributed by atoms with Crippen molar-refractivity contribution in [3.05, 3.63) is 88.9 Å². The Morgan fingerprint density at radius 1 is 1.02 bits per heavy atom. The summed E-state index contributed by atoms with van der Waals surface area (Å²) >= 11 is 0. The number of hydrogen-bond acceptors (Lipinski definition) is 7. The molecule has 0 bridgehead atoms. The molecule has 1 aliphatic heterocycles. The highest BCUT2D eigenvalue weighted by atomic mass is 16.3. The summed E-state index contributed by atoms with van der Waals surface area (Å²) in [6.07, 6.45) is 11.9. The number of piperidine rings is 1. The minimum Gasteiger partial charge on any atom is -0.392 e. The summed E-state index contributed by atoms with van der Waals surface area (Å²) < 4.78 is 3.45. The molecule has 1 saturated carbocycles. The van der Waals surface area contributed by atoms with Gasteiger partial charge >= 0.3 is 0 Å². The molecule has 10 nitrogen and oxygen atoms in total. The third-order valence-corrected chi connectivity index (χ3v) is 8.96. The molecule has 8 rings (SSSR count). The number of nitrogens with one attached hydrogen (secondary N) is 1. The molecule has 5 heterocycles. The van der Waals surface area contributed by atoms with Gasteiger partial charge < -0.3 is 15.0 Å². The molecule has 0 spiro atoms. The normalized spacial score (nSPS) is 17.7. The van der Waals surface area contributed by atoms with Gasteiger partial charge in [0.2, 0.25) is 0 Å². The van der Waals surface area contributed by atoms with Crippen molar-refractivity contribution in [1.82, 2.24) is 39.4 Å². The number of aromatic amines is 1. The standard InChI is InChI=1S/C33H32N8O2/c1-39-11-3-4-24(17-39)40-16-23(15-36-40)29-13-27-31(34-19-35-32(27)38-29)26-5-2-6-30(28(26)18-42)41-33(43)25-10-9-21(20-7-8-20)12-22(25)14-37-41/h2,5-6,9-10,12-16,19-20,24,42H,3-4,7-8,11,17-18H2,1H3,(H,34,35,38)/t24-/m1/s1. The van der Waals surface area contributed by atoms with Gasteiger partial charge in [-0.2, -0.15) is 14.9 Å². The van der Waals surface area contributed by atoms with Crippen LogP contribution in [0.5, 0.6) is 0 Å². The number of fused-ring (bicyclic) bond motifs is 2. The number of aliphatic hydroxyl groups excluding tert-OH is 1. The number of aliphatic hydroxyl groups is 1. The van der Waals surface area contributed by atoms with Crippen molar-refractivity contribution < 1.29 is 5.11 Å². The van der Waals surface area contributed by atoms with Crippen molar-refractivity contribution in [3.8, 4) is 28.2 Å². The Balaban J connectivity index is 1.19. The quantitative estimate of drug-likeness (QED) is 0.294. The van der Waals surface area contributed by atoms with E-state index < -0.39 is 0 Å². The molecule has 2 aliphatic rings. The maximum Gasteiger partial charge on any atom is 0.279 e. The van der Waals surface area contributed by atoms with E-state index in [9.17, 15) is 9.90 Å². The number of hydrogen-bond donors (Lipinski definition) is 2.